The highest BCUT2D eigenvalue weighted by Crippen LogP contribution is 2.26. The minimum Gasteiger partial charge on any atom is -0.460 e. The molecule has 5 N–H and O–H groups in total. The lowest BCUT2D eigenvalue weighted by Crippen LogP contribution is -2.17. The first kappa shape index (κ1) is 18.7. The summed E-state index contributed by atoms with van der Waals surface area (Å²) in [5.41, 5.74) is 14.1. The van der Waals surface area contributed by atoms with E-state index in [0.717, 1.165) is 27.2 Å². The Balaban J connectivity index is 1.88. The molecule has 4 rings (SSSR count). The lowest BCUT2D eigenvalue weighted by molar-refractivity contribution is 0.0505. The van der Waals surface area contributed by atoms with Gasteiger partial charge in [-0.2, -0.15) is 0 Å². The van der Waals surface area contributed by atoms with Crippen LogP contribution in [0, 0.1) is 5.41 Å². The number of hydrogen-bond donors (Lipinski definition) is 3. The molecule has 1 heterocycles. The first-order chi connectivity index (χ1) is 14.1. The smallest absolute Gasteiger partial charge is 0.355 e. The number of benzene rings is 3. The van der Waals surface area contributed by atoms with Gasteiger partial charge >= 0.3 is 5.97 Å². The van der Waals surface area contributed by atoms with Crippen molar-refractivity contribution in [2.24, 2.45) is 11.5 Å². The van der Waals surface area contributed by atoms with Crippen LogP contribution < -0.4 is 11.5 Å². The predicted molar refractivity (Wildman–Crippen MR) is 115 cm³/mol. The molecule has 29 heavy (non-hydrogen) atoms. The molecule has 0 bridgehead atoms. The van der Waals surface area contributed by atoms with Crippen LogP contribution in [0.3, 0.4) is 0 Å². The monoisotopic (exact) mass is 386 g/mol. The van der Waals surface area contributed by atoms with Crippen molar-refractivity contribution in [1.29, 1.82) is 5.41 Å². The Morgan fingerprint density at radius 1 is 1.00 bits per heavy atom. The van der Waals surface area contributed by atoms with E-state index in [-0.39, 0.29) is 19.0 Å². The number of fused-ring (bicyclic) bond motifs is 2. The molecule has 0 atom stereocenters. The Morgan fingerprint density at radius 3 is 2.59 bits per heavy atom. The fraction of sp³-hybridized carbons (Fsp3) is 0.130. The second-order valence-electron chi connectivity index (χ2n) is 6.87. The predicted octanol–water partition coefficient (Wildman–Crippen LogP) is 3.24. The molecule has 0 aliphatic heterocycles. The van der Waals surface area contributed by atoms with Crippen LogP contribution in [0.5, 0.6) is 0 Å². The molecular formula is C23H22N4O2. The summed E-state index contributed by atoms with van der Waals surface area (Å²) in [6.07, 6.45) is 0. The number of rotatable bonds is 6. The summed E-state index contributed by atoms with van der Waals surface area (Å²) in [7, 11) is 0. The van der Waals surface area contributed by atoms with Gasteiger partial charge in [0.05, 0.1) is 0 Å². The Bertz CT molecular complexity index is 1220. The summed E-state index contributed by atoms with van der Waals surface area (Å²) < 4.78 is 7.22. The van der Waals surface area contributed by atoms with Crippen LogP contribution in [0.4, 0.5) is 0 Å². The van der Waals surface area contributed by atoms with Crippen molar-refractivity contribution in [3.8, 4) is 0 Å². The molecule has 0 amide bonds. The number of hydrogen-bond acceptors (Lipinski definition) is 4. The summed E-state index contributed by atoms with van der Waals surface area (Å²) in [5, 5.41) is 10.9. The van der Waals surface area contributed by atoms with E-state index in [1.54, 1.807) is 6.07 Å². The van der Waals surface area contributed by atoms with Crippen LogP contribution in [0.15, 0.2) is 66.7 Å². The zero-order chi connectivity index (χ0) is 20.4. The molecule has 0 aliphatic carbocycles. The quantitative estimate of drug-likeness (QED) is 0.269. The van der Waals surface area contributed by atoms with Crippen molar-refractivity contribution in [3.05, 3.63) is 83.6 Å². The van der Waals surface area contributed by atoms with Gasteiger partial charge in [0.25, 0.3) is 0 Å². The topological polar surface area (TPSA) is 107 Å². The number of aromatic nitrogens is 1. The van der Waals surface area contributed by atoms with E-state index in [1.165, 1.54) is 0 Å². The van der Waals surface area contributed by atoms with E-state index < -0.39 is 5.97 Å². The summed E-state index contributed by atoms with van der Waals surface area (Å²) in [4.78, 5) is 12.7. The zero-order valence-corrected chi connectivity index (χ0v) is 15.9. The highest BCUT2D eigenvalue weighted by Gasteiger charge is 2.18. The molecular weight excluding hydrogens is 364 g/mol. The molecule has 0 spiro atoms. The van der Waals surface area contributed by atoms with Crippen LogP contribution in [-0.4, -0.2) is 29.5 Å². The van der Waals surface area contributed by atoms with Gasteiger partial charge in [-0.25, -0.2) is 4.79 Å². The number of ether oxygens (including phenoxy) is 1. The molecule has 0 saturated heterocycles. The fourth-order valence-electron chi connectivity index (χ4n) is 3.59. The maximum atomic E-state index is 12.7. The van der Waals surface area contributed by atoms with Gasteiger partial charge in [-0.15, -0.1) is 0 Å². The molecule has 6 nitrogen and oxygen atoms in total. The highest BCUT2D eigenvalue weighted by molar-refractivity contribution is 6.01. The van der Waals surface area contributed by atoms with E-state index in [0.29, 0.717) is 17.8 Å². The Labute approximate surface area is 168 Å². The Hall–Kier alpha value is -3.64. The lowest BCUT2D eigenvalue weighted by Gasteiger charge is -2.13. The van der Waals surface area contributed by atoms with Crippen LogP contribution in [-0.2, 0) is 11.3 Å². The number of nitrogens with one attached hydrogen (secondary N) is 1. The average Bonchev–Trinajstić information content (AvgIpc) is 3.10. The lowest BCUT2D eigenvalue weighted by atomic mass is 10.0. The number of nitrogen functional groups attached to an aromatic ring is 1. The first-order valence-corrected chi connectivity index (χ1v) is 9.40. The molecule has 1 aromatic heterocycles. The number of carbonyl (C=O) groups is 1. The third kappa shape index (κ3) is 3.58. The molecule has 146 valence electrons. The van der Waals surface area contributed by atoms with Crippen molar-refractivity contribution in [2.75, 3.05) is 13.2 Å². The molecule has 0 fully saturated rings. The summed E-state index contributed by atoms with van der Waals surface area (Å²) in [6, 6.07) is 21.6. The van der Waals surface area contributed by atoms with E-state index in [4.69, 9.17) is 21.6 Å². The van der Waals surface area contributed by atoms with E-state index in [1.807, 2.05) is 41.0 Å². The second-order valence-corrected chi connectivity index (χ2v) is 6.87. The van der Waals surface area contributed by atoms with E-state index in [9.17, 15) is 4.79 Å². The second kappa shape index (κ2) is 7.77. The minimum absolute atomic E-state index is 0.0166. The maximum Gasteiger partial charge on any atom is 0.355 e. The average molecular weight is 386 g/mol. The number of carbonyl (C=O) groups excluding carboxylic acids is 1. The maximum absolute atomic E-state index is 12.7. The van der Waals surface area contributed by atoms with Crippen LogP contribution in [0.25, 0.3) is 21.7 Å². The fourth-order valence-corrected chi connectivity index (χ4v) is 3.59. The third-order valence-electron chi connectivity index (χ3n) is 4.98. The van der Waals surface area contributed by atoms with Gasteiger partial charge in [0, 0.05) is 29.6 Å². The molecule has 6 heteroatoms. The minimum atomic E-state index is -0.420. The molecule has 0 aliphatic rings. The van der Waals surface area contributed by atoms with Gasteiger partial charge in [0.2, 0.25) is 0 Å². The van der Waals surface area contributed by atoms with Gasteiger partial charge in [-0.05, 0) is 28.5 Å². The summed E-state index contributed by atoms with van der Waals surface area (Å²) in [5.74, 6) is -0.437. The van der Waals surface area contributed by atoms with Crippen molar-refractivity contribution < 1.29 is 9.53 Å². The Morgan fingerprint density at radius 2 is 1.79 bits per heavy atom. The van der Waals surface area contributed by atoms with E-state index >= 15 is 0 Å². The number of nitrogens with two attached hydrogens (primary N) is 2. The molecule has 3 aromatic carbocycles. The van der Waals surface area contributed by atoms with Crippen molar-refractivity contribution in [2.45, 2.75) is 6.54 Å². The van der Waals surface area contributed by atoms with Crippen LogP contribution in [0.1, 0.15) is 21.6 Å². The van der Waals surface area contributed by atoms with Crippen molar-refractivity contribution >= 4 is 33.5 Å². The Kier molecular flexibility index (Phi) is 5.01. The van der Waals surface area contributed by atoms with Gasteiger partial charge in [-0.3, -0.25) is 5.41 Å². The molecule has 0 saturated carbocycles. The normalized spacial score (nSPS) is 11.1. The third-order valence-corrected chi connectivity index (χ3v) is 4.98. The first-order valence-electron chi connectivity index (χ1n) is 9.40. The summed E-state index contributed by atoms with van der Waals surface area (Å²) >= 11 is 0. The van der Waals surface area contributed by atoms with Gasteiger partial charge < -0.3 is 20.8 Å². The van der Waals surface area contributed by atoms with E-state index in [2.05, 4.69) is 24.3 Å². The number of esters is 1. The number of nitrogens with zero attached hydrogens (tertiary/aromatic N) is 1. The summed E-state index contributed by atoms with van der Waals surface area (Å²) in [6.45, 7) is 0.913. The van der Waals surface area contributed by atoms with Crippen molar-refractivity contribution in [3.63, 3.8) is 0 Å². The standard InChI is InChI=1S/C23H22N4O2/c24-10-11-29-23(28)21-12-16-8-9-17(22(25)26)13-20(16)27(21)14-18-6-3-5-15-4-1-2-7-19(15)18/h1-9,12-13H,10-11,14,24H2,(H3,25,26). The largest absolute Gasteiger partial charge is 0.460 e. The van der Waals surface area contributed by atoms with Gasteiger partial charge in [0.1, 0.15) is 18.1 Å². The molecule has 0 radical (unpaired) electrons. The van der Waals surface area contributed by atoms with Gasteiger partial charge in [-0.1, -0.05) is 54.6 Å². The van der Waals surface area contributed by atoms with Gasteiger partial charge in [0.15, 0.2) is 0 Å². The zero-order valence-electron chi connectivity index (χ0n) is 15.9. The molecule has 0 unspecified atom stereocenters. The van der Waals surface area contributed by atoms with Crippen LogP contribution >= 0.6 is 0 Å². The molecule has 4 aromatic rings. The van der Waals surface area contributed by atoms with Crippen LogP contribution in [0.2, 0.25) is 0 Å². The number of amidine groups is 1. The van der Waals surface area contributed by atoms with Crippen molar-refractivity contribution in [1.82, 2.24) is 4.57 Å². The SMILES string of the molecule is N=C(N)c1ccc2cc(C(=O)OCCN)n(Cc3cccc4ccccc34)c2c1. The highest BCUT2D eigenvalue weighted by atomic mass is 16.5.